The molecule has 0 bridgehead atoms. The quantitative estimate of drug-likeness (QED) is 0.778. The maximum Gasteiger partial charge on any atom is 0.128 e. The highest BCUT2D eigenvalue weighted by atomic mass is 35.5. The standard InChI is InChI=1S/C17H24ClNO2/c1-11-9-19-14(12(2)15(11)20-3)8-17(10-18)6-7-21-16(17)13-4-5-13/h9,13,16H,4-8,10H2,1-3H3. The van der Waals surface area contributed by atoms with Gasteiger partial charge in [-0.2, -0.15) is 0 Å². The maximum atomic E-state index is 6.40. The van der Waals surface area contributed by atoms with E-state index in [2.05, 4.69) is 11.9 Å². The molecule has 21 heavy (non-hydrogen) atoms. The predicted molar refractivity (Wildman–Crippen MR) is 84.2 cm³/mol. The highest BCUT2D eigenvalue weighted by molar-refractivity contribution is 6.18. The average Bonchev–Trinajstić information content (AvgIpc) is 3.24. The van der Waals surface area contributed by atoms with Crippen LogP contribution in [0.1, 0.15) is 36.1 Å². The van der Waals surface area contributed by atoms with Crippen LogP contribution < -0.4 is 4.74 Å². The maximum absolute atomic E-state index is 6.40. The molecule has 0 aromatic carbocycles. The van der Waals surface area contributed by atoms with E-state index in [1.54, 1.807) is 7.11 Å². The topological polar surface area (TPSA) is 31.4 Å². The van der Waals surface area contributed by atoms with Crippen molar-refractivity contribution in [3.8, 4) is 5.75 Å². The Bertz CT molecular complexity index is 530. The summed E-state index contributed by atoms with van der Waals surface area (Å²) in [7, 11) is 1.72. The Balaban J connectivity index is 1.90. The van der Waals surface area contributed by atoms with Gasteiger partial charge in [-0.3, -0.25) is 4.98 Å². The molecular formula is C17H24ClNO2. The van der Waals surface area contributed by atoms with Crippen molar-refractivity contribution in [2.24, 2.45) is 11.3 Å². The lowest BCUT2D eigenvalue weighted by atomic mass is 9.76. The third-order valence-corrected chi connectivity index (χ3v) is 5.62. The highest BCUT2D eigenvalue weighted by Crippen LogP contribution is 2.50. The first-order valence-corrected chi connectivity index (χ1v) is 8.31. The van der Waals surface area contributed by atoms with Crippen LogP contribution in [0.25, 0.3) is 0 Å². The smallest absolute Gasteiger partial charge is 0.128 e. The van der Waals surface area contributed by atoms with Gasteiger partial charge in [-0.15, -0.1) is 11.6 Å². The first-order chi connectivity index (χ1) is 10.1. The number of rotatable bonds is 5. The van der Waals surface area contributed by atoms with Gasteiger partial charge >= 0.3 is 0 Å². The number of halogens is 1. The van der Waals surface area contributed by atoms with Gasteiger partial charge in [0.25, 0.3) is 0 Å². The van der Waals surface area contributed by atoms with Crippen molar-refractivity contribution in [1.82, 2.24) is 4.98 Å². The molecule has 0 radical (unpaired) electrons. The molecule has 2 aliphatic rings. The van der Waals surface area contributed by atoms with Crippen LogP contribution in [-0.4, -0.2) is 30.7 Å². The summed E-state index contributed by atoms with van der Waals surface area (Å²) >= 11 is 6.40. The molecule has 1 aromatic heterocycles. The molecule has 0 spiro atoms. The lowest BCUT2D eigenvalue weighted by Crippen LogP contribution is -2.37. The van der Waals surface area contributed by atoms with E-state index < -0.39 is 0 Å². The van der Waals surface area contributed by atoms with E-state index >= 15 is 0 Å². The van der Waals surface area contributed by atoms with Gasteiger partial charge in [-0.25, -0.2) is 0 Å². The normalized spacial score (nSPS) is 28.9. The molecule has 0 N–H and O–H groups in total. The fourth-order valence-electron chi connectivity index (χ4n) is 3.71. The van der Waals surface area contributed by atoms with E-state index in [1.165, 1.54) is 12.8 Å². The minimum Gasteiger partial charge on any atom is -0.496 e. The number of hydrogen-bond acceptors (Lipinski definition) is 3. The Morgan fingerprint density at radius 1 is 1.43 bits per heavy atom. The third-order valence-electron chi connectivity index (χ3n) is 5.09. The lowest BCUT2D eigenvalue weighted by Gasteiger charge is -2.32. The van der Waals surface area contributed by atoms with Gasteiger partial charge in [-0.1, -0.05) is 0 Å². The Morgan fingerprint density at radius 2 is 2.19 bits per heavy atom. The first-order valence-electron chi connectivity index (χ1n) is 7.78. The zero-order valence-corrected chi connectivity index (χ0v) is 13.9. The Labute approximate surface area is 132 Å². The molecule has 1 saturated heterocycles. The molecule has 2 fully saturated rings. The van der Waals surface area contributed by atoms with Gasteiger partial charge in [0.2, 0.25) is 0 Å². The third kappa shape index (κ3) is 2.66. The number of methoxy groups -OCH3 is 1. The Hall–Kier alpha value is -0.800. The van der Waals surface area contributed by atoms with Crippen LogP contribution in [0.5, 0.6) is 5.75 Å². The minimum absolute atomic E-state index is 0.0424. The van der Waals surface area contributed by atoms with E-state index in [4.69, 9.17) is 21.1 Å². The summed E-state index contributed by atoms with van der Waals surface area (Å²) in [5, 5.41) is 0. The number of hydrogen-bond donors (Lipinski definition) is 0. The monoisotopic (exact) mass is 309 g/mol. The van der Waals surface area contributed by atoms with Crippen LogP contribution >= 0.6 is 11.6 Å². The van der Waals surface area contributed by atoms with Crippen molar-refractivity contribution in [2.75, 3.05) is 19.6 Å². The van der Waals surface area contributed by atoms with Crippen LogP contribution in [0.15, 0.2) is 6.20 Å². The number of nitrogens with zero attached hydrogens (tertiary/aromatic N) is 1. The second-order valence-electron chi connectivity index (χ2n) is 6.60. The van der Waals surface area contributed by atoms with E-state index in [0.29, 0.717) is 17.9 Å². The van der Waals surface area contributed by atoms with Crippen molar-refractivity contribution in [1.29, 1.82) is 0 Å². The molecule has 4 heteroatoms. The number of aryl methyl sites for hydroxylation is 1. The summed E-state index contributed by atoms with van der Waals surface area (Å²) in [6.45, 7) is 4.96. The molecule has 2 heterocycles. The summed E-state index contributed by atoms with van der Waals surface area (Å²) in [5.74, 6) is 2.30. The Morgan fingerprint density at radius 3 is 2.81 bits per heavy atom. The molecule has 2 atom stereocenters. The van der Waals surface area contributed by atoms with E-state index in [9.17, 15) is 0 Å². The molecule has 116 valence electrons. The van der Waals surface area contributed by atoms with Crippen LogP contribution in [-0.2, 0) is 11.2 Å². The summed E-state index contributed by atoms with van der Waals surface area (Å²) in [4.78, 5) is 4.66. The van der Waals surface area contributed by atoms with Gasteiger partial charge in [0.1, 0.15) is 5.75 Å². The summed E-state index contributed by atoms with van der Waals surface area (Å²) in [6.07, 6.45) is 6.71. The molecule has 1 saturated carbocycles. The van der Waals surface area contributed by atoms with Crippen LogP contribution in [0.2, 0.25) is 0 Å². The van der Waals surface area contributed by atoms with Gasteiger partial charge in [0.15, 0.2) is 0 Å². The molecule has 3 rings (SSSR count). The SMILES string of the molecule is COc1c(C)cnc(CC2(CCl)CCOC2C2CC2)c1C. The van der Waals surface area contributed by atoms with Gasteiger partial charge in [0.05, 0.1) is 13.2 Å². The number of alkyl halides is 1. The average molecular weight is 310 g/mol. The van der Waals surface area contributed by atoms with Crippen molar-refractivity contribution >= 4 is 11.6 Å². The fraction of sp³-hybridized carbons (Fsp3) is 0.706. The van der Waals surface area contributed by atoms with Crippen LogP contribution in [0.3, 0.4) is 0 Å². The number of ether oxygens (including phenoxy) is 2. The van der Waals surface area contributed by atoms with E-state index in [0.717, 1.165) is 42.0 Å². The molecule has 1 aliphatic heterocycles. The zero-order chi connectivity index (χ0) is 15.0. The fourth-order valence-corrected chi connectivity index (χ4v) is 4.09. The van der Waals surface area contributed by atoms with E-state index in [1.807, 2.05) is 13.1 Å². The molecule has 2 unspecified atom stereocenters. The number of aromatic nitrogens is 1. The van der Waals surface area contributed by atoms with E-state index in [-0.39, 0.29) is 5.41 Å². The highest BCUT2D eigenvalue weighted by Gasteiger charge is 2.50. The van der Waals surface area contributed by atoms with Crippen molar-refractivity contribution in [3.63, 3.8) is 0 Å². The largest absolute Gasteiger partial charge is 0.496 e. The van der Waals surface area contributed by atoms with Crippen molar-refractivity contribution in [2.45, 2.75) is 45.6 Å². The van der Waals surface area contributed by atoms with Gasteiger partial charge in [0, 0.05) is 40.9 Å². The van der Waals surface area contributed by atoms with Crippen molar-refractivity contribution < 1.29 is 9.47 Å². The molecular weight excluding hydrogens is 286 g/mol. The van der Waals surface area contributed by atoms with Crippen LogP contribution in [0, 0.1) is 25.2 Å². The first kappa shape index (κ1) is 15.1. The molecule has 1 aromatic rings. The number of pyridine rings is 1. The molecule has 0 amide bonds. The molecule has 3 nitrogen and oxygen atoms in total. The zero-order valence-electron chi connectivity index (χ0n) is 13.1. The molecule has 1 aliphatic carbocycles. The minimum atomic E-state index is 0.0424. The summed E-state index contributed by atoms with van der Waals surface area (Å²) in [5.41, 5.74) is 3.37. The second-order valence-corrected chi connectivity index (χ2v) is 6.87. The van der Waals surface area contributed by atoms with Crippen LogP contribution in [0.4, 0.5) is 0 Å². The van der Waals surface area contributed by atoms with Gasteiger partial charge < -0.3 is 9.47 Å². The predicted octanol–water partition coefficient (Wildman–Crippen LogP) is 3.67. The second kappa shape index (κ2) is 5.77. The lowest BCUT2D eigenvalue weighted by molar-refractivity contribution is 0.0398. The Kier molecular flexibility index (Phi) is 4.15. The summed E-state index contributed by atoms with van der Waals surface area (Å²) in [6, 6.07) is 0. The van der Waals surface area contributed by atoms with Gasteiger partial charge in [-0.05, 0) is 45.4 Å². The van der Waals surface area contributed by atoms with Crippen molar-refractivity contribution in [3.05, 3.63) is 23.0 Å². The summed E-state index contributed by atoms with van der Waals surface area (Å²) < 4.78 is 11.6.